The Hall–Kier alpha value is -1.20. The quantitative estimate of drug-likeness (QED) is 0.552. The van der Waals surface area contributed by atoms with E-state index < -0.39 is 6.61 Å². The highest BCUT2D eigenvalue weighted by molar-refractivity contribution is 5.33. The molecule has 0 saturated heterocycles. The van der Waals surface area contributed by atoms with Crippen molar-refractivity contribution in [3.63, 3.8) is 0 Å². The normalized spacial score (nSPS) is 10.5. The van der Waals surface area contributed by atoms with Crippen molar-refractivity contribution in [2.45, 2.75) is 13.2 Å². The molecule has 72 valence electrons. The van der Waals surface area contributed by atoms with Gasteiger partial charge in [0.2, 0.25) is 0 Å². The lowest BCUT2D eigenvalue weighted by molar-refractivity contribution is -0.0504. The highest BCUT2D eigenvalue weighted by Gasteiger charge is 2.07. The Balaban J connectivity index is 2.78. The Morgan fingerprint density at radius 1 is 1.38 bits per heavy atom. The van der Waals surface area contributed by atoms with E-state index in [9.17, 15) is 8.78 Å². The number of alkyl halides is 2. The molecule has 0 atom stereocenters. The summed E-state index contributed by atoms with van der Waals surface area (Å²) in [5.41, 5.74) is 2.97. The Morgan fingerprint density at radius 3 is 2.69 bits per heavy atom. The van der Waals surface area contributed by atoms with Crippen LogP contribution in [0, 0.1) is 0 Å². The Morgan fingerprint density at radius 2 is 2.08 bits per heavy atom. The van der Waals surface area contributed by atoms with Gasteiger partial charge < -0.3 is 4.74 Å². The van der Waals surface area contributed by atoms with Gasteiger partial charge in [-0.1, -0.05) is 18.2 Å². The first-order valence-electron chi connectivity index (χ1n) is 3.70. The van der Waals surface area contributed by atoms with Gasteiger partial charge in [0.15, 0.2) is 0 Å². The zero-order chi connectivity index (χ0) is 9.68. The molecule has 3 nitrogen and oxygen atoms in total. The van der Waals surface area contributed by atoms with Crippen LogP contribution in [0.4, 0.5) is 8.78 Å². The molecular weight excluding hydrogens is 178 g/mol. The van der Waals surface area contributed by atoms with Crippen LogP contribution >= 0.6 is 0 Å². The fourth-order valence-electron chi connectivity index (χ4n) is 0.971. The molecule has 0 unspecified atom stereocenters. The lowest BCUT2D eigenvalue weighted by atomic mass is 10.2. The number of ether oxygens (including phenoxy) is 1. The van der Waals surface area contributed by atoms with Crippen LogP contribution in [0.3, 0.4) is 0 Å². The number of hydrogen-bond donors (Lipinski definition) is 2. The topological polar surface area (TPSA) is 47.3 Å². The first-order valence-corrected chi connectivity index (χ1v) is 3.70. The van der Waals surface area contributed by atoms with E-state index in [2.05, 4.69) is 10.2 Å². The molecular formula is C8H10F2N2O. The second-order valence-corrected chi connectivity index (χ2v) is 2.37. The smallest absolute Gasteiger partial charge is 0.387 e. The standard InChI is InChI=1S/C8H10F2N2O/c9-8(10)13-7-4-2-1-3-6(7)5-12-11/h1-4,8,12H,5,11H2. The van der Waals surface area contributed by atoms with Gasteiger partial charge in [0.1, 0.15) is 5.75 Å². The summed E-state index contributed by atoms with van der Waals surface area (Å²) < 4.78 is 28.0. The van der Waals surface area contributed by atoms with E-state index in [-0.39, 0.29) is 5.75 Å². The zero-order valence-corrected chi connectivity index (χ0v) is 6.84. The molecule has 0 heterocycles. The first-order chi connectivity index (χ1) is 6.24. The molecule has 5 heteroatoms. The molecule has 1 aromatic carbocycles. The zero-order valence-electron chi connectivity index (χ0n) is 6.84. The minimum absolute atomic E-state index is 0.149. The summed E-state index contributed by atoms with van der Waals surface area (Å²) in [4.78, 5) is 0. The van der Waals surface area contributed by atoms with Gasteiger partial charge >= 0.3 is 6.61 Å². The first kappa shape index (κ1) is 9.88. The molecule has 3 N–H and O–H groups in total. The summed E-state index contributed by atoms with van der Waals surface area (Å²) in [6, 6.07) is 6.49. The van der Waals surface area contributed by atoms with E-state index >= 15 is 0 Å². The van der Waals surface area contributed by atoms with E-state index in [1.807, 2.05) is 0 Å². The third-order valence-electron chi connectivity index (χ3n) is 1.48. The number of halogens is 2. The van der Waals surface area contributed by atoms with Crippen LogP contribution in [-0.2, 0) is 6.54 Å². The van der Waals surface area contributed by atoms with Crippen molar-refractivity contribution in [1.29, 1.82) is 0 Å². The molecule has 0 fully saturated rings. The largest absolute Gasteiger partial charge is 0.434 e. The lowest BCUT2D eigenvalue weighted by Crippen LogP contribution is -2.21. The van der Waals surface area contributed by atoms with Gasteiger partial charge in [-0.2, -0.15) is 8.78 Å². The summed E-state index contributed by atoms with van der Waals surface area (Å²) in [6.07, 6.45) is 0. The number of benzene rings is 1. The third kappa shape index (κ3) is 2.96. The van der Waals surface area contributed by atoms with Crippen LogP contribution in [0.25, 0.3) is 0 Å². The molecule has 0 saturated carbocycles. The number of para-hydroxylation sites is 1. The van der Waals surface area contributed by atoms with Gasteiger partial charge in [-0.3, -0.25) is 11.3 Å². The van der Waals surface area contributed by atoms with Crippen molar-refractivity contribution in [2.75, 3.05) is 0 Å². The Bertz CT molecular complexity index is 268. The maximum atomic E-state index is 11.9. The van der Waals surface area contributed by atoms with E-state index in [4.69, 9.17) is 5.84 Å². The molecule has 0 radical (unpaired) electrons. The van der Waals surface area contributed by atoms with Crippen molar-refractivity contribution in [3.8, 4) is 5.75 Å². The van der Waals surface area contributed by atoms with Gasteiger partial charge in [-0.25, -0.2) is 0 Å². The predicted octanol–water partition coefficient (Wildman–Crippen LogP) is 1.25. The molecule has 0 aliphatic carbocycles. The van der Waals surface area contributed by atoms with E-state index in [0.717, 1.165) is 0 Å². The highest BCUT2D eigenvalue weighted by atomic mass is 19.3. The molecule has 0 amide bonds. The average Bonchev–Trinajstić information content (AvgIpc) is 2.08. The van der Waals surface area contributed by atoms with Crippen LogP contribution < -0.4 is 16.0 Å². The number of nitrogens with two attached hydrogens (primary N) is 1. The molecule has 1 aromatic rings. The number of hydrazine groups is 1. The summed E-state index contributed by atoms with van der Waals surface area (Å²) in [5.74, 6) is 5.22. The van der Waals surface area contributed by atoms with Crippen molar-refractivity contribution in [1.82, 2.24) is 5.43 Å². The molecule has 0 aromatic heterocycles. The third-order valence-corrected chi connectivity index (χ3v) is 1.48. The fraction of sp³-hybridized carbons (Fsp3) is 0.250. The summed E-state index contributed by atoms with van der Waals surface area (Å²) >= 11 is 0. The van der Waals surface area contributed by atoms with Gasteiger partial charge in [-0.15, -0.1) is 0 Å². The van der Waals surface area contributed by atoms with E-state index in [0.29, 0.717) is 12.1 Å². The Labute approximate surface area is 74.5 Å². The molecule has 1 rings (SSSR count). The monoisotopic (exact) mass is 188 g/mol. The van der Waals surface area contributed by atoms with Gasteiger partial charge in [0.05, 0.1) is 0 Å². The SMILES string of the molecule is NNCc1ccccc1OC(F)F. The second-order valence-electron chi connectivity index (χ2n) is 2.37. The van der Waals surface area contributed by atoms with Crippen molar-refractivity contribution in [2.24, 2.45) is 5.84 Å². The van der Waals surface area contributed by atoms with E-state index in [1.165, 1.54) is 6.07 Å². The maximum absolute atomic E-state index is 11.9. The Kier molecular flexibility index (Phi) is 3.60. The van der Waals surface area contributed by atoms with Crippen LogP contribution in [0.1, 0.15) is 5.56 Å². The number of nitrogens with one attached hydrogen (secondary N) is 1. The predicted molar refractivity (Wildman–Crippen MR) is 44.1 cm³/mol. The van der Waals surface area contributed by atoms with Crippen molar-refractivity contribution in [3.05, 3.63) is 29.8 Å². The average molecular weight is 188 g/mol. The van der Waals surface area contributed by atoms with Crippen LogP contribution in [-0.4, -0.2) is 6.61 Å². The second kappa shape index (κ2) is 4.74. The van der Waals surface area contributed by atoms with Crippen LogP contribution in [0.5, 0.6) is 5.75 Å². The molecule has 0 spiro atoms. The summed E-state index contributed by atoms with van der Waals surface area (Å²) in [6.45, 7) is -2.51. The number of rotatable bonds is 4. The van der Waals surface area contributed by atoms with Crippen molar-refractivity contribution >= 4 is 0 Å². The highest BCUT2D eigenvalue weighted by Crippen LogP contribution is 2.19. The maximum Gasteiger partial charge on any atom is 0.387 e. The lowest BCUT2D eigenvalue weighted by Gasteiger charge is -2.09. The molecule has 0 aliphatic heterocycles. The molecule has 0 aliphatic rings. The minimum atomic E-state index is -2.81. The molecule has 13 heavy (non-hydrogen) atoms. The van der Waals surface area contributed by atoms with Gasteiger partial charge in [-0.05, 0) is 6.07 Å². The molecule has 0 bridgehead atoms. The van der Waals surface area contributed by atoms with Gasteiger partial charge in [0.25, 0.3) is 0 Å². The van der Waals surface area contributed by atoms with Gasteiger partial charge in [0, 0.05) is 12.1 Å². The van der Waals surface area contributed by atoms with Crippen LogP contribution in [0.15, 0.2) is 24.3 Å². The summed E-state index contributed by atoms with van der Waals surface area (Å²) in [5, 5.41) is 0. The number of hydrogen-bond acceptors (Lipinski definition) is 3. The van der Waals surface area contributed by atoms with E-state index in [1.54, 1.807) is 18.2 Å². The van der Waals surface area contributed by atoms with Crippen LogP contribution in [0.2, 0.25) is 0 Å². The van der Waals surface area contributed by atoms with Crippen molar-refractivity contribution < 1.29 is 13.5 Å². The minimum Gasteiger partial charge on any atom is -0.434 e. The summed E-state index contributed by atoms with van der Waals surface area (Å²) in [7, 11) is 0. The fourth-order valence-corrected chi connectivity index (χ4v) is 0.971.